The number of aryl methyl sites for hydroxylation is 1. The van der Waals surface area contributed by atoms with E-state index in [-0.39, 0.29) is 11.7 Å². The number of aliphatic hydroxyl groups is 1. The maximum atomic E-state index is 13.3. The summed E-state index contributed by atoms with van der Waals surface area (Å²) in [5, 5.41) is 12.6. The van der Waals surface area contributed by atoms with Crippen LogP contribution >= 0.6 is 11.3 Å². The summed E-state index contributed by atoms with van der Waals surface area (Å²) in [7, 11) is 0. The minimum atomic E-state index is -0.128. The first-order valence-electron chi connectivity index (χ1n) is 7.28. The third-order valence-corrected chi connectivity index (χ3v) is 4.37. The van der Waals surface area contributed by atoms with Gasteiger partial charge in [-0.15, -0.1) is 11.3 Å². The Kier molecular flexibility index (Phi) is 6.57. The van der Waals surface area contributed by atoms with Crippen LogP contribution in [0.1, 0.15) is 17.5 Å². The monoisotopic (exact) mass is 311 g/mol. The van der Waals surface area contributed by atoms with Crippen LogP contribution < -0.4 is 5.32 Å². The van der Waals surface area contributed by atoms with Crippen molar-refractivity contribution < 1.29 is 14.2 Å². The molecule has 2 rings (SSSR count). The molecule has 0 aliphatic carbocycles. The lowest BCUT2D eigenvalue weighted by atomic mass is 10.1. The van der Waals surface area contributed by atoms with E-state index in [1.807, 2.05) is 13.0 Å². The number of fused-ring (bicyclic) bond motifs is 1. The molecule has 0 saturated carbocycles. The third kappa shape index (κ3) is 5.04. The number of thiophene rings is 1. The number of hydrogen-bond acceptors (Lipinski definition) is 4. The number of aliphatic hydroxyl groups excluding tert-OH is 1. The van der Waals surface area contributed by atoms with Gasteiger partial charge in [0.1, 0.15) is 0 Å². The van der Waals surface area contributed by atoms with Crippen molar-refractivity contribution in [3.8, 4) is 0 Å². The van der Waals surface area contributed by atoms with Gasteiger partial charge in [0, 0.05) is 17.9 Å². The van der Waals surface area contributed by atoms with E-state index in [0.717, 1.165) is 35.0 Å². The SMILES string of the molecule is Cc1cc(CCOCCCNCCO)cc2cc(F)sc12. The second-order valence-electron chi connectivity index (χ2n) is 5.07. The molecule has 0 radical (unpaired) electrons. The fraction of sp³-hybridized carbons (Fsp3) is 0.500. The Balaban J connectivity index is 1.73. The zero-order chi connectivity index (χ0) is 15.1. The van der Waals surface area contributed by atoms with Gasteiger partial charge in [-0.05, 0) is 48.9 Å². The second-order valence-corrected chi connectivity index (χ2v) is 6.07. The van der Waals surface area contributed by atoms with E-state index in [9.17, 15) is 4.39 Å². The van der Waals surface area contributed by atoms with Gasteiger partial charge in [-0.1, -0.05) is 12.1 Å². The predicted octanol–water partition coefficient (Wildman–Crippen LogP) is 2.88. The molecule has 2 N–H and O–H groups in total. The lowest BCUT2D eigenvalue weighted by Crippen LogP contribution is -2.20. The first-order chi connectivity index (χ1) is 10.2. The van der Waals surface area contributed by atoms with Crippen LogP contribution in [0.15, 0.2) is 18.2 Å². The second kappa shape index (κ2) is 8.44. The summed E-state index contributed by atoms with van der Waals surface area (Å²) < 4.78 is 19.9. The third-order valence-electron chi connectivity index (χ3n) is 3.30. The van der Waals surface area contributed by atoms with Crippen LogP contribution in [0.4, 0.5) is 4.39 Å². The fourth-order valence-electron chi connectivity index (χ4n) is 2.31. The van der Waals surface area contributed by atoms with E-state index < -0.39 is 0 Å². The molecule has 0 unspecified atom stereocenters. The molecular weight excluding hydrogens is 289 g/mol. The zero-order valence-electron chi connectivity index (χ0n) is 12.3. The largest absolute Gasteiger partial charge is 0.395 e. The molecule has 0 aliphatic heterocycles. The maximum Gasteiger partial charge on any atom is 0.177 e. The molecule has 0 saturated heterocycles. The Bertz CT molecular complexity index is 571. The topological polar surface area (TPSA) is 41.5 Å². The van der Waals surface area contributed by atoms with E-state index in [1.165, 1.54) is 16.9 Å². The normalized spacial score (nSPS) is 11.4. The molecule has 0 bridgehead atoms. The van der Waals surface area contributed by atoms with Gasteiger partial charge in [0.2, 0.25) is 0 Å². The van der Waals surface area contributed by atoms with Crippen molar-refractivity contribution in [2.24, 2.45) is 0 Å². The molecule has 1 aromatic carbocycles. The number of hydrogen-bond donors (Lipinski definition) is 2. The van der Waals surface area contributed by atoms with Crippen LogP contribution in [-0.2, 0) is 11.2 Å². The zero-order valence-corrected chi connectivity index (χ0v) is 13.1. The van der Waals surface area contributed by atoms with E-state index in [4.69, 9.17) is 9.84 Å². The molecule has 3 nitrogen and oxygen atoms in total. The van der Waals surface area contributed by atoms with E-state index in [1.54, 1.807) is 6.07 Å². The Morgan fingerprint density at radius 2 is 2.10 bits per heavy atom. The molecule has 0 spiro atoms. The molecule has 5 heteroatoms. The standard InChI is InChI=1S/C16H22FNO2S/c1-12-9-13(10-14-11-15(17)21-16(12)14)3-8-20-7-2-4-18-5-6-19/h9-11,18-19H,2-8H2,1H3. The van der Waals surface area contributed by atoms with Crippen molar-refractivity contribution in [1.82, 2.24) is 5.32 Å². The lowest BCUT2D eigenvalue weighted by Gasteiger charge is -2.07. The Labute approximate surface area is 128 Å². The molecule has 1 heterocycles. The summed E-state index contributed by atoms with van der Waals surface area (Å²) in [5.41, 5.74) is 2.32. The Morgan fingerprint density at radius 1 is 1.24 bits per heavy atom. The highest BCUT2D eigenvalue weighted by Gasteiger charge is 2.06. The number of rotatable bonds is 9. The number of nitrogens with one attached hydrogen (secondary N) is 1. The highest BCUT2D eigenvalue weighted by Crippen LogP contribution is 2.28. The highest BCUT2D eigenvalue weighted by atomic mass is 32.1. The molecule has 0 fully saturated rings. The van der Waals surface area contributed by atoms with Gasteiger partial charge in [0.15, 0.2) is 5.13 Å². The van der Waals surface area contributed by atoms with Gasteiger partial charge in [-0.3, -0.25) is 0 Å². The minimum Gasteiger partial charge on any atom is -0.395 e. The Hall–Kier alpha value is -1.01. The first kappa shape index (κ1) is 16.4. The van der Waals surface area contributed by atoms with Crippen molar-refractivity contribution in [1.29, 1.82) is 0 Å². The van der Waals surface area contributed by atoms with Crippen LogP contribution in [0, 0.1) is 12.1 Å². The molecule has 116 valence electrons. The summed E-state index contributed by atoms with van der Waals surface area (Å²) in [6.45, 7) is 5.09. The molecule has 0 aliphatic rings. The van der Waals surface area contributed by atoms with Crippen molar-refractivity contribution >= 4 is 21.4 Å². The lowest BCUT2D eigenvalue weighted by molar-refractivity contribution is 0.134. The molecular formula is C16H22FNO2S. The van der Waals surface area contributed by atoms with Crippen LogP contribution in [-0.4, -0.2) is 38.0 Å². The fourth-order valence-corrected chi connectivity index (χ4v) is 3.15. The maximum absolute atomic E-state index is 13.3. The van der Waals surface area contributed by atoms with E-state index in [2.05, 4.69) is 11.4 Å². The quantitative estimate of drug-likeness (QED) is 0.700. The summed E-state index contributed by atoms with van der Waals surface area (Å²) >= 11 is 1.21. The summed E-state index contributed by atoms with van der Waals surface area (Å²) in [4.78, 5) is 0. The molecule has 0 amide bonds. The smallest absolute Gasteiger partial charge is 0.177 e. The summed E-state index contributed by atoms with van der Waals surface area (Å²) in [6, 6.07) is 5.77. The number of benzene rings is 1. The van der Waals surface area contributed by atoms with Crippen LogP contribution in [0.25, 0.3) is 10.1 Å². The number of halogens is 1. The predicted molar refractivity (Wildman–Crippen MR) is 85.6 cm³/mol. The molecule has 21 heavy (non-hydrogen) atoms. The number of ether oxygens (including phenoxy) is 1. The average molecular weight is 311 g/mol. The average Bonchev–Trinajstić information content (AvgIpc) is 2.83. The molecule has 2 aromatic rings. The van der Waals surface area contributed by atoms with Gasteiger partial charge in [-0.2, -0.15) is 4.39 Å². The summed E-state index contributed by atoms with van der Waals surface area (Å²) in [6.07, 6.45) is 1.78. The van der Waals surface area contributed by atoms with E-state index in [0.29, 0.717) is 19.8 Å². The van der Waals surface area contributed by atoms with Crippen molar-refractivity contribution in [3.63, 3.8) is 0 Å². The van der Waals surface area contributed by atoms with Gasteiger partial charge in [-0.25, -0.2) is 0 Å². The van der Waals surface area contributed by atoms with Crippen LogP contribution in [0.5, 0.6) is 0 Å². The Morgan fingerprint density at radius 3 is 2.90 bits per heavy atom. The van der Waals surface area contributed by atoms with Gasteiger partial charge in [0.25, 0.3) is 0 Å². The van der Waals surface area contributed by atoms with Gasteiger partial charge < -0.3 is 15.2 Å². The molecule has 0 atom stereocenters. The van der Waals surface area contributed by atoms with Crippen molar-refractivity contribution in [2.45, 2.75) is 19.8 Å². The van der Waals surface area contributed by atoms with Crippen LogP contribution in [0.2, 0.25) is 0 Å². The van der Waals surface area contributed by atoms with Crippen molar-refractivity contribution in [3.05, 3.63) is 34.5 Å². The van der Waals surface area contributed by atoms with Gasteiger partial charge >= 0.3 is 0 Å². The summed E-state index contributed by atoms with van der Waals surface area (Å²) in [5.74, 6) is 0. The van der Waals surface area contributed by atoms with E-state index >= 15 is 0 Å². The molecule has 1 aromatic heterocycles. The van der Waals surface area contributed by atoms with Crippen LogP contribution in [0.3, 0.4) is 0 Å². The first-order valence-corrected chi connectivity index (χ1v) is 8.10. The minimum absolute atomic E-state index is 0.128. The van der Waals surface area contributed by atoms with Crippen molar-refractivity contribution in [2.75, 3.05) is 32.9 Å². The highest BCUT2D eigenvalue weighted by molar-refractivity contribution is 7.17. The van der Waals surface area contributed by atoms with Gasteiger partial charge in [0.05, 0.1) is 13.2 Å².